The number of hydrogen-bond donors (Lipinski definition) is 3. The maximum atomic E-state index is 13.5. The summed E-state index contributed by atoms with van der Waals surface area (Å²) >= 11 is 12.3. The molecule has 3 rings (SSSR count). The van der Waals surface area contributed by atoms with Gasteiger partial charge in [-0.05, 0) is 55.7 Å². The Hall–Kier alpha value is -1.64. The van der Waals surface area contributed by atoms with E-state index in [1.54, 1.807) is 18.2 Å². The Kier molecular flexibility index (Phi) is 6.51. The van der Waals surface area contributed by atoms with Crippen LogP contribution in [-0.2, 0) is 26.7 Å². The van der Waals surface area contributed by atoms with E-state index in [2.05, 4.69) is 15.4 Å². The highest BCUT2D eigenvalue weighted by Gasteiger charge is 2.56. The highest BCUT2D eigenvalue weighted by Crippen LogP contribution is 2.48. The van der Waals surface area contributed by atoms with Gasteiger partial charge in [0, 0.05) is 34.4 Å². The van der Waals surface area contributed by atoms with Crippen LogP contribution in [0.5, 0.6) is 0 Å². The second-order valence-corrected chi connectivity index (χ2v) is 10.8. The molecule has 1 aliphatic heterocycles. The summed E-state index contributed by atoms with van der Waals surface area (Å²) in [4.78, 5) is 13.5. The molecule has 9 heteroatoms. The fourth-order valence-corrected chi connectivity index (χ4v) is 4.93. The van der Waals surface area contributed by atoms with Crippen LogP contribution in [0.4, 0.5) is 5.69 Å². The fraction of sp³-hybridized carbons (Fsp3) is 0.381. The van der Waals surface area contributed by atoms with Crippen molar-refractivity contribution in [2.24, 2.45) is 0 Å². The minimum absolute atomic E-state index is 0.145. The van der Waals surface area contributed by atoms with Crippen molar-refractivity contribution in [1.29, 1.82) is 0 Å². The van der Waals surface area contributed by atoms with Gasteiger partial charge in [-0.2, -0.15) is 0 Å². The molecule has 0 spiro atoms. The van der Waals surface area contributed by atoms with E-state index in [4.69, 9.17) is 23.2 Å². The predicted octanol–water partition coefficient (Wildman–Crippen LogP) is 3.34. The van der Waals surface area contributed by atoms with Gasteiger partial charge in [-0.3, -0.25) is 4.79 Å². The zero-order valence-corrected chi connectivity index (χ0v) is 19.4. The largest absolute Gasteiger partial charge is 0.325 e. The monoisotopic (exact) mass is 469 g/mol. The van der Waals surface area contributed by atoms with Crippen LogP contribution in [0.15, 0.2) is 42.5 Å². The second kappa shape index (κ2) is 8.48. The number of carbonyl (C=O) groups excluding carboxylic acids is 1. The molecule has 0 aliphatic carbocycles. The molecule has 1 amide bonds. The topological polar surface area (TPSA) is 87.3 Å². The number of rotatable bonds is 8. The number of fused-ring (bicyclic) bond motifs is 1. The first kappa shape index (κ1) is 23.0. The first-order valence-electron chi connectivity index (χ1n) is 9.50. The molecule has 0 aromatic heterocycles. The summed E-state index contributed by atoms with van der Waals surface area (Å²) in [5, 5.41) is 7.49. The number of anilines is 1. The number of sulfonamides is 1. The number of benzene rings is 2. The maximum absolute atomic E-state index is 13.5. The molecule has 0 fully saturated rings. The first-order chi connectivity index (χ1) is 13.9. The van der Waals surface area contributed by atoms with Crippen molar-refractivity contribution in [1.82, 2.24) is 10.0 Å². The second-order valence-electron chi connectivity index (χ2n) is 8.07. The third-order valence-corrected chi connectivity index (χ3v) is 6.76. The Morgan fingerprint density at radius 2 is 1.77 bits per heavy atom. The van der Waals surface area contributed by atoms with Crippen LogP contribution >= 0.6 is 23.2 Å². The molecule has 1 unspecified atom stereocenters. The van der Waals surface area contributed by atoms with Crippen LogP contribution in [0.25, 0.3) is 0 Å². The number of halogens is 2. The van der Waals surface area contributed by atoms with Crippen LogP contribution in [0.1, 0.15) is 25.0 Å². The molecule has 30 heavy (non-hydrogen) atoms. The van der Waals surface area contributed by atoms with Gasteiger partial charge in [0.25, 0.3) is 0 Å². The van der Waals surface area contributed by atoms with Gasteiger partial charge >= 0.3 is 0 Å². The van der Waals surface area contributed by atoms with Crippen molar-refractivity contribution in [3.8, 4) is 0 Å². The molecule has 2 aromatic rings. The van der Waals surface area contributed by atoms with E-state index in [-0.39, 0.29) is 12.5 Å². The Morgan fingerprint density at radius 1 is 1.07 bits per heavy atom. The summed E-state index contributed by atoms with van der Waals surface area (Å²) in [6, 6.07) is 12.8. The molecular formula is C21H25Cl2N3O3S. The van der Waals surface area contributed by atoms with Crippen LogP contribution in [0, 0.1) is 0 Å². The molecule has 0 bridgehead atoms. The fourth-order valence-electron chi connectivity index (χ4n) is 4.08. The first-order valence-corrected chi connectivity index (χ1v) is 12.1. The van der Waals surface area contributed by atoms with Crippen molar-refractivity contribution in [2.75, 3.05) is 24.7 Å². The van der Waals surface area contributed by atoms with E-state index >= 15 is 0 Å². The van der Waals surface area contributed by atoms with Crippen LogP contribution in [0.3, 0.4) is 0 Å². The molecule has 2 aromatic carbocycles. The van der Waals surface area contributed by atoms with Crippen molar-refractivity contribution in [3.63, 3.8) is 0 Å². The predicted molar refractivity (Wildman–Crippen MR) is 122 cm³/mol. The van der Waals surface area contributed by atoms with Crippen LogP contribution in [0.2, 0.25) is 10.0 Å². The zero-order chi connectivity index (χ0) is 22.2. The summed E-state index contributed by atoms with van der Waals surface area (Å²) in [5.74, 6) is -0.145. The number of hydrogen-bond acceptors (Lipinski definition) is 4. The number of carbonyl (C=O) groups is 1. The summed E-state index contributed by atoms with van der Waals surface area (Å²) in [7, 11) is -3.29. The summed E-state index contributed by atoms with van der Waals surface area (Å²) < 4.78 is 25.2. The number of amides is 1. The van der Waals surface area contributed by atoms with Crippen molar-refractivity contribution in [3.05, 3.63) is 63.6 Å². The van der Waals surface area contributed by atoms with E-state index < -0.39 is 21.0 Å². The van der Waals surface area contributed by atoms with E-state index in [1.807, 2.05) is 38.1 Å². The van der Waals surface area contributed by atoms with Gasteiger partial charge in [0.2, 0.25) is 15.9 Å². The number of nitrogens with one attached hydrogen (secondary N) is 3. The summed E-state index contributed by atoms with van der Waals surface area (Å²) in [5.41, 5.74) is 0.758. The molecule has 1 aliphatic rings. The minimum Gasteiger partial charge on any atom is -0.325 e. The molecule has 3 N–H and O–H groups in total. The molecule has 0 saturated carbocycles. The highest BCUT2D eigenvalue weighted by atomic mass is 35.5. The molecule has 162 valence electrons. The lowest BCUT2D eigenvalue weighted by molar-refractivity contribution is -0.123. The average Bonchev–Trinajstić information content (AvgIpc) is 2.90. The van der Waals surface area contributed by atoms with E-state index in [0.29, 0.717) is 28.7 Å². The SMILES string of the molecule is CC(C)(NCCNS(C)(=O)=O)C1(Cc2cccc(Cl)c2)C(=O)Nc2cc(Cl)ccc21. The lowest BCUT2D eigenvalue weighted by Gasteiger charge is -2.44. The maximum Gasteiger partial charge on any atom is 0.237 e. The quantitative estimate of drug-likeness (QED) is 0.517. The van der Waals surface area contributed by atoms with E-state index in [9.17, 15) is 13.2 Å². The van der Waals surface area contributed by atoms with Gasteiger partial charge in [0.15, 0.2) is 0 Å². The molecule has 0 radical (unpaired) electrons. The van der Waals surface area contributed by atoms with Gasteiger partial charge in [-0.15, -0.1) is 0 Å². The Balaban J connectivity index is 2.01. The zero-order valence-electron chi connectivity index (χ0n) is 17.1. The third kappa shape index (κ3) is 4.65. The lowest BCUT2D eigenvalue weighted by atomic mass is 9.64. The molecule has 0 saturated heterocycles. The third-order valence-electron chi connectivity index (χ3n) is 5.56. The van der Waals surface area contributed by atoms with Gasteiger partial charge in [0.1, 0.15) is 0 Å². The van der Waals surface area contributed by atoms with E-state index in [0.717, 1.165) is 17.4 Å². The Labute approximate surface area is 187 Å². The Bertz CT molecular complexity index is 1070. The van der Waals surface area contributed by atoms with Gasteiger partial charge in [-0.25, -0.2) is 13.1 Å². The normalized spacial score (nSPS) is 18.9. The molecule has 6 nitrogen and oxygen atoms in total. The molecular weight excluding hydrogens is 445 g/mol. The van der Waals surface area contributed by atoms with E-state index in [1.165, 1.54) is 0 Å². The smallest absolute Gasteiger partial charge is 0.237 e. The minimum atomic E-state index is -3.29. The molecule has 1 atom stereocenters. The molecule has 1 heterocycles. The standard InChI is InChI=1S/C21H25Cl2N3O3S/c1-20(2,24-9-10-25-30(3,28)29)21(13-14-5-4-6-15(22)11-14)17-8-7-16(23)12-18(17)26-19(21)27/h4-8,11-12,24-25H,9-10,13H2,1-3H3,(H,26,27). The summed E-state index contributed by atoms with van der Waals surface area (Å²) in [6.07, 6.45) is 1.52. The lowest BCUT2D eigenvalue weighted by Crippen LogP contribution is -2.62. The van der Waals surface area contributed by atoms with Gasteiger partial charge < -0.3 is 10.6 Å². The summed E-state index contributed by atoms with van der Waals surface area (Å²) in [6.45, 7) is 4.46. The van der Waals surface area contributed by atoms with Gasteiger partial charge in [0.05, 0.1) is 11.7 Å². The average molecular weight is 470 g/mol. The van der Waals surface area contributed by atoms with Gasteiger partial charge in [-0.1, -0.05) is 41.4 Å². The van der Waals surface area contributed by atoms with Crippen molar-refractivity contribution >= 4 is 44.8 Å². The Morgan fingerprint density at radius 3 is 2.43 bits per heavy atom. The highest BCUT2D eigenvalue weighted by molar-refractivity contribution is 7.88. The van der Waals surface area contributed by atoms with Crippen molar-refractivity contribution < 1.29 is 13.2 Å². The van der Waals surface area contributed by atoms with Crippen LogP contribution in [-0.4, -0.2) is 39.2 Å². The van der Waals surface area contributed by atoms with Crippen LogP contribution < -0.4 is 15.4 Å². The van der Waals surface area contributed by atoms with Crippen molar-refractivity contribution in [2.45, 2.75) is 31.2 Å².